The van der Waals surface area contributed by atoms with Crippen LogP contribution in [0, 0.1) is 153 Å². The summed E-state index contributed by atoms with van der Waals surface area (Å²) >= 11 is 0. The van der Waals surface area contributed by atoms with Crippen LogP contribution >= 0.6 is 22.8 Å². The molecular formula is C64H86NO12P3. The number of fused-ring (bicyclic) bond motifs is 3. The Bertz CT molecular complexity index is 3080. The minimum atomic E-state index is -3.33. The number of ether oxygens (including phenoxy) is 3. The fraction of sp³-hybridized carbons (Fsp3) is 0.812. The van der Waals surface area contributed by atoms with E-state index in [2.05, 4.69) is 36.2 Å². The molecule has 80 heavy (non-hydrogen) atoms. The SMILES string of the molecule is COP(=O)(CCCOc1ccc(C2N(C)CC34C5=C6CCC7C8CCC9C%10CCC%11C%12CCC%13=C(C=C5)C23C2C%13C%12C3C%11C%10C5C9C8C8C7C6C4C4C8C5C3C42)c(OCCCP(=O)(OC)OC)c1OCCCP(=O)(OC)OC)OC. The molecule has 27 unspecified atom stereocenters. The molecule has 1 aromatic rings. The van der Waals surface area contributed by atoms with Crippen molar-refractivity contribution in [1.82, 2.24) is 4.90 Å². The van der Waals surface area contributed by atoms with Crippen LogP contribution in [0.25, 0.3) is 0 Å². The minimum Gasteiger partial charge on any atom is -0.490 e. The summed E-state index contributed by atoms with van der Waals surface area (Å²) in [5.74, 6) is 23.1. The van der Waals surface area contributed by atoms with E-state index in [1.165, 1.54) is 80.3 Å². The van der Waals surface area contributed by atoms with Gasteiger partial charge in [0.05, 0.1) is 38.3 Å². The van der Waals surface area contributed by atoms with Gasteiger partial charge in [0, 0.05) is 71.6 Å². The van der Waals surface area contributed by atoms with Crippen molar-refractivity contribution in [2.24, 2.45) is 153 Å². The zero-order valence-corrected chi connectivity index (χ0v) is 50.8. The highest BCUT2D eigenvalue weighted by Gasteiger charge is 2.93. The number of nitrogens with zero attached hydrogens (tertiary/aromatic N) is 1. The predicted molar refractivity (Wildman–Crippen MR) is 300 cm³/mol. The Hall–Kier alpha value is -1.75. The molecule has 0 radical (unpaired) electrons. The first-order chi connectivity index (χ1) is 38.9. The van der Waals surface area contributed by atoms with Gasteiger partial charge in [0.15, 0.2) is 11.5 Å². The van der Waals surface area contributed by atoms with Crippen molar-refractivity contribution in [3.05, 3.63) is 52.1 Å². The second-order valence-electron chi connectivity index (χ2n) is 29.3. The van der Waals surface area contributed by atoms with E-state index in [9.17, 15) is 13.7 Å². The van der Waals surface area contributed by atoms with Gasteiger partial charge in [-0.05, 0) is 243 Å². The van der Waals surface area contributed by atoms with Crippen molar-refractivity contribution in [2.45, 2.75) is 76.7 Å². The lowest BCUT2D eigenvalue weighted by molar-refractivity contribution is -0.190. The van der Waals surface area contributed by atoms with Gasteiger partial charge in [-0.25, -0.2) is 0 Å². The van der Waals surface area contributed by atoms with E-state index in [0.717, 1.165) is 131 Å². The third-order valence-corrected chi connectivity index (χ3v) is 34.8. The predicted octanol–water partition coefficient (Wildman–Crippen LogP) is 12.7. The Morgan fingerprint density at radius 2 is 0.887 bits per heavy atom. The standard InChI is InChI=1S/C64H86NO12P3/c1-65-29-63-39-20-21-40-37-18-16-35-33-14-12-31-30-11-13-32-34-15-17-36(39)48-46(34)51-44(32)42(30)50-43(31)45(33)52-47(35)49(37)59(57-55(52)53(50)54(51)56(57)58(48)63)64(40,63)62(65)38-19-22-41(75-23-8-26-78(66,69-2)70-3)61(77-25-10-28-80(68,73-6)74-7)60(38)76-24-9-27-79(67,71-4)72-5/h19-22,30-35,42-59,62H,8-18,23-29H2,1-7H3. The van der Waals surface area contributed by atoms with Gasteiger partial charge >= 0.3 is 22.8 Å². The molecule has 18 rings (SSSR count). The minimum absolute atomic E-state index is 0.0105. The summed E-state index contributed by atoms with van der Waals surface area (Å²) in [7, 11) is 1.20. The van der Waals surface area contributed by atoms with E-state index < -0.39 is 22.8 Å². The van der Waals surface area contributed by atoms with Crippen LogP contribution in [0.3, 0.4) is 0 Å². The van der Waals surface area contributed by atoms with E-state index in [-0.39, 0.29) is 55.2 Å². The van der Waals surface area contributed by atoms with Gasteiger partial charge in [0.1, 0.15) is 0 Å². The van der Waals surface area contributed by atoms with Crippen LogP contribution in [-0.4, -0.2) is 99.5 Å². The van der Waals surface area contributed by atoms with Crippen LogP contribution in [0.1, 0.15) is 82.2 Å². The smallest absolute Gasteiger partial charge is 0.330 e. The molecule has 16 heteroatoms. The summed E-state index contributed by atoms with van der Waals surface area (Å²) in [4.78, 5) is 2.87. The Labute approximate surface area is 474 Å². The van der Waals surface area contributed by atoms with Crippen LogP contribution in [-0.2, 0) is 40.8 Å². The summed E-state index contributed by atoms with van der Waals surface area (Å²) in [5, 5.41) is 0. The third-order valence-electron chi connectivity index (χ3n) is 28.9. The van der Waals surface area contributed by atoms with Crippen molar-refractivity contribution >= 4 is 22.8 Å². The molecule has 13 saturated carbocycles. The maximum Gasteiger partial charge on any atom is 0.330 e. The van der Waals surface area contributed by atoms with Gasteiger partial charge in [-0.3, -0.25) is 18.6 Å². The fourth-order valence-corrected chi connectivity index (χ4v) is 31.8. The largest absolute Gasteiger partial charge is 0.490 e. The van der Waals surface area contributed by atoms with Crippen LogP contribution in [0.2, 0.25) is 0 Å². The lowest BCUT2D eigenvalue weighted by Crippen LogP contribution is -2.67. The highest BCUT2D eigenvalue weighted by Crippen LogP contribution is 2.97. The molecule has 1 saturated heterocycles. The van der Waals surface area contributed by atoms with E-state index >= 15 is 0 Å². The average molecular weight is 1150 g/mol. The average Bonchev–Trinajstić information content (AvgIpc) is 2.16. The quantitative estimate of drug-likeness (QED) is 0.0805. The Balaban J connectivity index is 0.842. The maximum atomic E-state index is 13.6. The molecule has 434 valence electrons. The van der Waals surface area contributed by atoms with Crippen molar-refractivity contribution in [2.75, 3.05) is 94.6 Å². The zero-order chi connectivity index (χ0) is 54.1. The Kier molecular flexibility index (Phi) is 11.1. The lowest BCUT2D eigenvalue weighted by Gasteiger charge is -2.69. The van der Waals surface area contributed by atoms with Crippen LogP contribution in [0.15, 0.2) is 46.6 Å². The Morgan fingerprint density at radius 3 is 1.41 bits per heavy atom. The summed E-state index contributed by atoms with van der Waals surface area (Å²) in [5.41, 5.74) is 8.44. The fourth-order valence-electron chi connectivity index (χ4n) is 28.7. The highest BCUT2D eigenvalue weighted by atomic mass is 31.2. The van der Waals surface area contributed by atoms with Crippen LogP contribution < -0.4 is 14.2 Å². The van der Waals surface area contributed by atoms with Crippen molar-refractivity contribution in [3.63, 3.8) is 0 Å². The maximum absolute atomic E-state index is 13.6. The normalized spacial score (nSPS) is 49.9. The molecule has 13 nitrogen and oxygen atoms in total. The molecule has 0 bridgehead atoms. The molecule has 0 amide bonds. The summed E-state index contributed by atoms with van der Waals surface area (Å²) < 4.78 is 94.1. The first kappa shape index (κ1) is 51.5. The number of allylic oxidation sites excluding steroid dienone is 4. The molecule has 1 aromatic carbocycles. The molecular weight excluding hydrogens is 1070 g/mol. The summed E-state index contributed by atoms with van der Waals surface area (Å²) in [6.45, 7) is 1.79. The van der Waals surface area contributed by atoms with Crippen molar-refractivity contribution < 1.29 is 55.0 Å². The second kappa shape index (κ2) is 17.3. The molecule has 0 aromatic heterocycles. The van der Waals surface area contributed by atoms with E-state index in [4.69, 9.17) is 41.4 Å². The number of rotatable bonds is 22. The summed E-state index contributed by atoms with van der Waals surface area (Å²) in [6, 6.07) is 4.50. The Morgan fingerprint density at radius 1 is 0.475 bits per heavy atom. The lowest BCUT2D eigenvalue weighted by atomic mass is 9.33. The van der Waals surface area contributed by atoms with Crippen molar-refractivity contribution in [3.8, 4) is 17.2 Å². The molecule has 2 spiro atoms. The van der Waals surface area contributed by atoms with Crippen molar-refractivity contribution in [1.29, 1.82) is 0 Å². The van der Waals surface area contributed by atoms with Gasteiger partial charge in [-0.2, -0.15) is 0 Å². The van der Waals surface area contributed by atoms with Gasteiger partial charge in [-0.15, -0.1) is 0 Å². The number of hydrogen-bond acceptors (Lipinski definition) is 13. The first-order valence-corrected chi connectivity index (χ1v) is 37.1. The van der Waals surface area contributed by atoms with E-state index in [0.29, 0.717) is 54.3 Å². The van der Waals surface area contributed by atoms with Crippen LogP contribution in [0.5, 0.6) is 17.2 Å². The molecule has 14 fully saturated rings. The molecule has 27 atom stereocenters. The molecule has 1 aliphatic heterocycles. The van der Waals surface area contributed by atoms with Gasteiger partial charge in [0.2, 0.25) is 5.75 Å². The van der Waals surface area contributed by atoms with Gasteiger partial charge in [-0.1, -0.05) is 23.3 Å². The topological polar surface area (TPSA) is 138 Å². The van der Waals surface area contributed by atoms with E-state index in [1.807, 2.05) is 16.7 Å². The van der Waals surface area contributed by atoms with Gasteiger partial charge < -0.3 is 41.4 Å². The number of benzene rings is 1. The highest BCUT2D eigenvalue weighted by molar-refractivity contribution is 7.54. The first-order valence-electron chi connectivity index (χ1n) is 31.9. The van der Waals surface area contributed by atoms with Gasteiger partial charge in [0.25, 0.3) is 0 Å². The summed E-state index contributed by atoms with van der Waals surface area (Å²) in [6.07, 6.45) is 19.1. The van der Waals surface area contributed by atoms with E-state index in [1.54, 1.807) is 24.8 Å². The number of hydrogen-bond donors (Lipinski definition) is 0. The zero-order valence-electron chi connectivity index (χ0n) is 48.2. The molecule has 0 N–H and O–H groups in total. The second-order valence-corrected chi connectivity index (χ2v) is 36.5. The monoisotopic (exact) mass is 1150 g/mol. The van der Waals surface area contributed by atoms with Crippen LogP contribution in [0.4, 0.5) is 0 Å². The molecule has 1 heterocycles. The number of likely N-dealkylation sites (tertiary alicyclic amines) is 1. The third kappa shape index (κ3) is 5.74. The molecule has 16 aliphatic carbocycles. The molecule has 17 aliphatic rings.